The smallest absolute Gasteiger partial charge is 0.173 e. The molecule has 1 aliphatic heterocycles. The van der Waals surface area contributed by atoms with Crippen LogP contribution in [-0.2, 0) is 0 Å². The number of rotatable bonds is 1. The average Bonchev–Trinajstić information content (AvgIpc) is 2.29. The Kier molecular flexibility index (Phi) is 4.36. The summed E-state index contributed by atoms with van der Waals surface area (Å²) in [5.41, 5.74) is 0.982. The van der Waals surface area contributed by atoms with Crippen LogP contribution in [0.3, 0.4) is 0 Å². The lowest BCUT2D eigenvalue weighted by molar-refractivity contribution is 0.110. The fourth-order valence-electron chi connectivity index (χ4n) is 1.84. The number of nitrogens with zero attached hydrogens (tertiary/aromatic N) is 1. The van der Waals surface area contributed by atoms with Crippen molar-refractivity contribution < 1.29 is 5.11 Å². The number of piperidine rings is 1. The topological polar surface area (TPSA) is 35.5 Å². The number of hydrogen-bond donors (Lipinski definition) is 2. The number of aliphatic hydroxyl groups is 1. The number of anilines is 1. The number of halogens is 1. The van der Waals surface area contributed by atoms with E-state index in [4.69, 9.17) is 12.2 Å². The lowest BCUT2D eigenvalue weighted by Gasteiger charge is -2.31. The molecule has 5 heteroatoms. The SMILES string of the molecule is OC1CCN(C(=S)Nc2cccc(Br)c2)CC1. The van der Waals surface area contributed by atoms with Gasteiger partial charge in [-0.25, -0.2) is 0 Å². The van der Waals surface area contributed by atoms with Crippen LogP contribution in [0.1, 0.15) is 12.8 Å². The van der Waals surface area contributed by atoms with Gasteiger partial charge in [0, 0.05) is 23.2 Å². The lowest BCUT2D eigenvalue weighted by atomic mass is 10.1. The summed E-state index contributed by atoms with van der Waals surface area (Å²) in [6, 6.07) is 7.92. The molecule has 0 bridgehead atoms. The fourth-order valence-corrected chi connectivity index (χ4v) is 2.54. The van der Waals surface area contributed by atoms with E-state index in [2.05, 4.69) is 26.1 Å². The van der Waals surface area contributed by atoms with Crippen LogP contribution in [0, 0.1) is 0 Å². The highest BCUT2D eigenvalue weighted by atomic mass is 79.9. The third-order valence-electron chi connectivity index (χ3n) is 2.83. The maximum atomic E-state index is 9.44. The number of hydrogen-bond acceptors (Lipinski definition) is 2. The first-order valence-electron chi connectivity index (χ1n) is 5.65. The molecule has 1 aromatic carbocycles. The minimum absolute atomic E-state index is 0.167. The maximum absolute atomic E-state index is 9.44. The average molecular weight is 315 g/mol. The van der Waals surface area contributed by atoms with Gasteiger partial charge in [0.1, 0.15) is 0 Å². The molecular weight excluding hydrogens is 300 g/mol. The number of nitrogens with one attached hydrogen (secondary N) is 1. The molecule has 0 radical (unpaired) electrons. The molecule has 0 aliphatic carbocycles. The highest BCUT2D eigenvalue weighted by Gasteiger charge is 2.18. The zero-order valence-electron chi connectivity index (χ0n) is 9.40. The minimum Gasteiger partial charge on any atom is -0.393 e. The Morgan fingerprint density at radius 2 is 2.12 bits per heavy atom. The predicted octanol–water partition coefficient (Wildman–Crippen LogP) is 2.60. The molecule has 1 aromatic rings. The van der Waals surface area contributed by atoms with E-state index in [1.165, 1.54) is 0 Å². The second-order valence-electron chi connectivity index (χ2n) is 4.16. The Balaban J connectivity index is 1.93. The van der Waals surface area contributed by atoms with Crippen LogP contribution in [0.5, 0.6) is 0 Å². The molecular formula is C12H15BrN2OS. The van der Waals surface area contributed by atoms with Gasteiger partial charge in [-0.05, 0) is 43.3 Å². The Hall–Kier alpha value is -0.650. The molecule has 1 heterocycles. The van der Waals surface area contributed by atoms with E-state index >= 15 is 0 Å². The van der Waals surface area contributed by atoms with Crippen LogP contribution in [0.4, 0.5) is 5.69 Å². The van der Waals surface area contributed by atoms with Gasteiger partial charge in [-0.1, -0.05) is 22.0 Å². The highest BCUT2D eigenvalue weighted by Crippen LogP contribution is 2.17. The van der Waals surface area contributed by atoms with E-state index in [1.807, 2.05) is 24.3 Å². The van der Waals surface area contributed by atoms with Gasteiger partial charge >= 0.3 is 0 Å². The van der Waals surface area contributed by atoms with Crippen molar-refractivity contribution in [3.63, 3.8) is 0 Å². The first kappa shape index (κ1) is 12.8. The van der Waals surface area contributed by atoms with Crippen molar-refractivity contribution in [3.8, 4) is 0 Å². The molecule has 2 rings (SSSR count). The van der Waals surface area contributed by atoms with Crippen LogP contribution in [0.15, 0.2) is 28.7 Å². The second kappa shape index (κ2) is 5.80. The largest absolute Gasteiger partial charge is 0.393 e. The van der Waals surface area contributed by atoms with Gasteiger partial charge in [0.25, 0.3) is 0 Å². The Morgan fingerprint density at radius 1 is 1.41 bits per heavy atom. The van der Waals surface area contributed by atoms with E-state index in [1.54, 1.807) is 0 Å². The first-order valence-corrected chi connectivity index (χ1v) is 6.85. The van der Waals surface area contributed by atoms with E-state index in [-0.39, 0.29) is 6.10 Å². The Labute approximate surface area is 115 Å². The van der Waals surface area contributed by atoms with Crippen LogP contribution >= 0.6 is 28.1 Å². The molecule has 3 nitrogen and oxygen atoms in total. The van der Waals surface area contributed by atoms with Crippen molar-refractivity contribution in [2.45, 2.75) is 18.9 Å². The van der Waals surface area contributed by atoms with Gasteiger partial charge in [-0.15, -0.1) is 0 Å². The quantitative estimate of drug-likeness (QED) is 0.781. The summed E-state index contributed by atoms with van der Waals surface area (Å²) in [6.07, 6.45) is 1.42. The van der Waals surface area contributed by atoms with Crippen molar-refractivity contribution >= 4 is 38.9 Å². The van der Waals surface area contributed by atoms with Crippen molar-refractivity contribution in [2.24, 2.45) is 0 Å². The van der Waals surface area contributed by atoms with E-state index in [0.717, 1.165) is 41.2 Å². The number of benzene rings is 1. The van der Waals surface area contributed by atoms with Crippen molar-refractivity contribution in [2.75, 3.05) is 18.4 Å². The number of thiocarbonyl (C=S) groups is 1. The Bertz CT molecular complexity index is 405. The third kappa shape index (κ3) is 3.66. The molecule has 1 aliphatic rings. The zero-order valence-corrected chi connectivity index (χ0v) is 11.8. The van der Waals surface area contributed by atoms with E-state index in [9.17, 15) is 5.11 Å². The minimum atomic E-state index is -0.167. The molecule has 0 saturated carbocycles. The monoisotopic (exact) mass is 314 g/mol. The highest BCUT2D eigenvalue weighted by molar-refractivity contribution is 9.10. The predicted molar refractivity (Wildman–Crippen MR) is 77.2 cm³/mol. The summed E-state index contributed by atoms with van der Waals surface area (Å²) in [5, 5.41) is 13.4. The molecule has 0 spiro atoms. The van der Waals surface area contributed by atoms with Crippen LogP contribution in [0.25, 0.3) is 0 Å². The molecule has 2 N–H and O–H groups in total. The maximum Gasteiger partial charge on any atom is 0.173 e. The summed E-state index contributed by atoms with van der Waals surface area (Å²) in [7, 11) is 0. The first-order chi connectivity index (χ1) is 8.15. The molecule has 0 amide bonds. The van der Waals surface area contributed by atoms with Gasteiger partial charge in [0.05, 0.1) is 6.10 Å². The van der Waals surface area contributed by atoms with Crippen LogP contribution in [-0.4, -0.2) is 34.3 Å². The van der Waals surface area contributed by atoms with Crippen molar-refractivity contribution in [1.29, 1.82) is 0 Å². The second-order valence-corrected chi connectivity index (χ2v) is 5.46. The molecule has 0 unspecified atom stereocenters. The summed E-state index contributed by atoms with van der Waals surface area (Å²) in [5.74, 6) is 0. The third-order valence-corrected chi connectivity index (χ3v) is 3.68. The van der Waals surface area contributed by atoms with Crippen LogP contribution in [0.2, 0.25) is 0 Å². The van der Waals surface area contributed by atoms with Crippen molar-refractivity contribution in [3.05, 3.63) is 28.7 Å². The summed E-state index contributed by atoms with van der Waals surface area (Å²) < 4.78 is 1.03. The number of likely N-dealkylation sites (tertiary alicyclic amines) is 1. The molecule has 17 heavy (non-hydrogen) atoms. The van der Waals surface area contributed by atoms with Gasteiger partial charge in [-0.3, -0.25) is 0 Å². The number of aliphatic hydroxyl groups excluding tert-OH is 1. The van der Waals surface area contributed by atoms with Gasteiger partial charge in [0.15, 0.2) is 5.11 Å². The summed E-state index contributed by atoms with van der Waals surface area (Å²) >= 11 is 8.78. The van der Waals surface area contributed by atoms with Crippen LogP contribution < -0.4 is 5.32 Å². The Morgan fingerprint density at radius 3 is 2.76 bits per heavy atom. The molecule has 1 saturated heterocycles. The molecule has 0 atom stereocenters. The van der Waals surface area contributed by atoms with Gasteiger partial charge < -0.3 is 15.3 Å². The molecule has 92 valence electrons. The van der Waals surface area contributed by atoms with Gasteiger partial charge in [-0.2, -0.15) is 0 Å². The van der Waals surface area contributed by atoms with Crippen molar-refractivity contribution in [1.82, 2.24) is 4.90 Å². The van der Waals surface area contributed by atoms with Gasteiger partial charge in [0.2, 0.25) is 0 Å². The molecule has 1 fully saturated rings. The molecule has 0 aromatic heterocycles. The lowest BCUT2D eigenvalue weighted by Crippen LogP contribution is -2.42. The van der Waals surface area contributed by atoms with E-state index < -0.39 is 0 Å². The summed E-state index contributed by atoms with van der Waals surface area (Å²) in [4.78, 5) is 2.10. The normalized spacial score (nSPS) is 16.9. The zero-order chi connectivity index (χ0) is 12.3. The van der Waals surface area contributed by atoms with E-state index in [0.29, 0.717) is 0 Å². The summed E-state index contributed by atoms with van der Waals surface area (Å²) in [6.45, 7) is 1.64. The fraction of sp³-hybridized carbons (Fsp3) is 0.417. The standard InChI is InChI=1S/C12H15BrN2OS/c13-9-2-1-3-10(8-9)14-12(17)15-6-4-11(16)5-7-15/h1-3,8,11,16H,4-7H2,(H,14,17).